The van der Waals surface area contributed by atoms with E-state index in [0.717, 1.165) is 12.1 Å². The summed E-state index contributed by atoms with van der Waals surface area (Å²) in [5.41, 5.74) is 2.31. The van der Waals surface area contributed by atoms with Crippen LogP contribution in [0, 0.1) is 0 Å². The van der Waals surface area contributed by atoms with Crippen molar-refractivity contribution in [3.05, 3.63) is 66.4 Å². The number of aromatic hydroxyl groups is 3. The summed E-state index contributed by atoms with van der Waals surface area (Å²) in [5.74, 6) is -0.346. The third kappa shape index (κ3) is 6.16. The van der Waals surface area contributed by atoms with E-state index in [2.05, 4.69) is 16.6 Å². The maximum atomic E-state index is 12.1. The fourth-order valence-corrected chi connectivity index (χ4v) is 3.28. The van der Waals surface area contributed by atoms with E-state index in [4.69, 9.17) is 0 Å². The Labute approximate surface area is 161 Å². The summed E-state index contributed by atoms with van der Waals surface area (Å²) in [6, 6.07) is 11.1. The van der Waals surface area contributed by atoms with Crippen LogP contribution < -0.4 is 10.0 Å². The Morgan fingerprint density at radius 3 is 2.52 bits per heavy atom. The molecule has 0 amide bonds. The van der Waals surface area contributed by atoms with Gasteiger partial charge < -0.3 is 20.6 Å². The molecule has 0 fully saturated rings. The summed E-state index contributed by atoms with van der Waals surface area (Å²) in [6.07, 6.45) is 2.59. The Kier molecular flexibility index (Phi) is 7.45. The maximum absolute atomic E-state index is 12.1. The van der Waals surface area contributed by atoms with Crippen LogP contribution >= 0.6 is 0 Å². The van der Waals surface area contributed by atoms with Gasteiger partial charge in [-0.05, 0) is 43.2 Å². The van der Waals surface area contributed by atoms with Crippen LogP contribution in [0.5, 0.6) is 17.2 Å². The molecule has 0 heterocycles. The molecule has 0 aliphatic heterocycles. The van der Waals surface area contributed by atoms with E-state index >= 15 is 0 Å². The van der Waals surface area contributed by atoms with Gasteiger partial charge in [0.2, 0.25) is 0 Å². The quantitative estimate of drug-likeness (QED) is 0.258. The maximum Gasteiger partial charge on any atom is 0.158 e. The number of phenolic OH excluding ortho intramolecular Hbond substituents is 3. The van der Waals surface area contributed by atoms with Gasteiger partial charge in [0.05, 0.1) is 4.90 Å². The molecule has 0 aliphatic rings. The molecular weight excluding hydrogens is 364 g/mol. The minimum absolute atomic E-state index is 0.193. The summed E-state index contributed by atoms with van der Waals surface area (Å²) in [4.78, 5) is 0.397. The minimum Gasteiger partial charge on any atom is -0.507 e. The summed E-state index contributed by atoms with van der Waals surface area (Å²) < 4.78 is 14.9. The molecule has 5 N–H and O–H groups in total. The zero-order valence-corrected chi connectivity index (χ0v) is 15.9. The number of nitrogens with one attached hydrogen (secondary N) is 2. The van der Waals surface area contributed by atoms with Gasteiger partial charge >= 0.3 is 0 Å². The minimum atomic E-state index is -1.46. The van der Waals surface area contributed by atoms with Crippen LogP contribution in [0.25, 0.3) is 5.57 Å². The normalized spacial score (nSPS) is 12.6. The summed E-state index contributed by atoms with van der Waals surface area (Å²) in [6.45, 7) is 7.06. The first-order valence-electron chi connectivity index (χ1n) is 8.45. The Hall–Kier alpha value is -2.77. The highest BCUT2D eigenvalue weighted by molar-refractivity contribution is 7.83. The van der Waals surface area contributed by atoms with Crippen LogP contribution in [0.3, 0.4) is 0 Å². The SMILES string of the molecule is C=C(/C=C(\C)NCCCNS(=O)c1ccc(O)c(O)c1)c1ccccc1O. The van der Waals surface area contributed by atoms with Gasteiger partial charge in [0, 0.05) is 30.4 Å². The fourth-order valence-electron chi connectivity index (χ4n) is 2.38. The lowest BCUT2D eigenvalue weighted by Gasteiger charge is -2.10. The van der Waals surface area contributed by atoms with Gasteiger partial charge in [-0.3, -0.25) is 0 Å². The third-order valence-corrected chi connectivity index (χ3v) is 4.94. The van der Waals surface area contributed by atoms with E-state index in [1.54, 1.807) is 12.1 Å². The fraction of sp³-hybridized carbons (Fsp3) is 0.200. The number of hydrogen-bond donors (Lipinski definition) is 5. The van der Waals surface area contributed by atoms with Gasteiger partial charge in [0.25, 0.3) is 0 Å². The molecule has 0 saturated carbocycles. The summed E-state index contributed by atoms with van der Waals surface area (Å²) >= 11 is 0. The van der Waals surface area contributed by atoms with Gasteiger partial charge in [-0.25, -0.2) is 8.93 Å². The lowest BCUT2D eigenvalue weighted by molar-refractivity contribution is 0.402. The Morgan fingerprint density at radius 1 is 1.07 bits per heavy atom. The molecule has 2 aromatic carbocycles. The van der Waals surface area contributed by atoms with E-state index in [9.17, 15) is 19.5 Å². The smallest absolute Gasteiger partial charge is 0.158 e. The van der Waals surface area contributed by atoms with Crippen LogP contribution in [0.1, 0.15) is 18.9 Å². The monoisotopic (exact) mass is 388 g/mol. The van der Waals surface area contributed by atoms with Crippen molar-refractivity contribution in [3.8, 4) is 17.2 Å². The first-order chi connectivity index (χ1) is 12.9. The van der Waals surface area contributed by atoms with Gasteiger partial charge in [-0.1, -0.05) is 24.8 Å². The van der Waals surface area contributed by atoms with Crippen LogP contribution in [0.15, 0.2) is 65.7 Å². The predicted octanol–water partition coefficient (Wildman–Crippen LogP) is 3.01. The molecule has 2 rings (SSSR count). The van der Waals surface area contributed by atoms with Gasteiger partial charge in [-0.15, -0.1) is 0 Å². The number of phenols is 3. The third-order valence-electron chi connectivity index (χ3n) is 3.79. The number of para-hydroxylation sites is 1. The van der Waals surface area contributed by atoms with Crippen molar-refractivity contribution in [1.82, 2.24) is 10.0 Å². The van der Waals surface area contributed by atoms with Crippen molar-refractivity contribution >= 4 is 16.6 Å². The number of benzene rings is 2. The second kappa shape index (κ2) is 9.80. The number of allylic oxidation sites excluding steroid dienone is 3. The van der Waals surface area contributed by atoms with Crippen LogP contribution in [0.4, 0.5) is 0 Å². The topological polar surface area (TPSA) is 102 Å². The summed E-state index contributed by atoms with van der Waals surface area (Å²) in [5, 5.41) is 31.8. The van der Waals surface area contributed by atoms with Gasteiger partial charge in [0.15, 0.2) is 11.5 Å². The number of rotatable bonds is 9. The van der Waals surface area contributed by atoms with E-state index in [-0.39, 0.29) is 17.2 Å². The molecule has 0 aromatic heterocycles. The van der Waals surface area contributed by atoms with Gasteiger partial charge in [0.1, 0.15) is 16.7 Å². The Balaban J connectivity index is 1.74. The molecule has 0 radical (unpaired) electrons. The van der Waals surface area contributed by atoms with Crippen molar-refractivity contribution < 1.29 is 19.5 Å². The first-order valence-corrected chi connectivity index (χ1v) is 9.60. The van der Waals surface area contributed by atoms with E-state index < -0.39 is 11.0 Å². The van der Waals surface area contributed by atoms with E-state index in [1.165, 1.54) is 18.2 Å². The molecule has 0 aliphatic carbocycles. The van der Waals surface area contributed by atoms with Crippen molar-refractivity contribution in [1.29, 1.82) is 0 Å². The van der Waals surface area contributed by atoms with Crippen LogP contribution in [-0.4, -0.2) is 32.6 Å². The molecule has 1 unspecified atom stereocenters. The Bertz CT molecular complexity index is 865. The van der Waals surface area contributed by atoms with Crippen LogP contribution in [-0.2, 0) is 11.0 Å². The lowest BCUT2D eigenvalue weighted by atomic mass is 10.1. The van der Waals surface area contributed by atoms with E-state index in [0.29, 0.717) is 29.1 Å². The zero-order valence-electron chi connectivity index (χ0n) is 15.1. The highest BCUT2D eigenvalue weighted by Gasteiger charge is 2.07. The number of hydrogen-bond acceptors (Lipinski definition) is 5. The molecule has 1 atom stereocenters. The van der Waals surface area contributed by atoms with Crippen molar-refractivity contribution in [3.63, 3.8) is 0 Å². The van der Waals surface area contributed by atoms with Crippen molar-refractivity contribution in [2.24, 2.45) is 0 Å². The standard InChI is InChI=1S/C20H24N2O4S/c1-14(17-6-3-4-7-18(17)23)12-15(2)21-10-5-11-22-27(26)16-8-9-19(24)20(25)13-16/h3-4,6-9,12-13,21-25H,1,5,10-11H2,2H3/b15-12+. The highest BCUT2D eigenvalue weighted by atomic mass is 32.2. The molecule has 144 valence electrons. The van der Waals surface area contributed by atoms with E-state index in [1.807, 2.05) is 25.1 Å². The predicted molar refractivity (Wildman–Crippen MR) is 108 cm³/mol. The molecule has 0 spiro atoms. The first kappa shape index (κ1) is 20.5. The van der Waals surface area contributed by atoms with Crippen molar-refractivity contribution in [2.75, 3.05) is 13.1 Å². The molecular formula is C20H24N2O4S. The molecule has 7 heteroatoms. The second-order valence-corrected chi connectivity index (χ2v) is 7.26. The molecule has 27 heavy (non-hydrogen) atoms. The molecule has 2 aromatic rings. The zero-order chi connectivity index (χ0) is 19.8. The van der Waals surface area contributed by atoms with Gasteiger partial charge in [-0.2, -0.15) is 0 Å². The molecule has 0 bridgehead atoms. The molecule has 6 nitrogen and oxygen atoms in total. The highest BCUT2D eigenvalue weighted by Crippen LogP contribution is 2.26. The van der Waals surface area contributed by atoms with Crippen LogP contribution in [0.2, 0.25) is 0 Å². The second-order valence-electron chi connectivity index (χ2n) is 5.96. The average molecular weight is 388 g/mol. The van der Waals surface area contributed by atoms with Crippen molar-refractivity contribution in [2.45, 2.75) is 18.2 Å². The lowest BCUT2D eigenvalue weighted by Crippen LogP contribution is -2.23. The summed E-state index contributed by atoms with van der Waals surface area (Å²) in [7, 11) is -1.46. The molecule has 0 saturated heterocycles. The average Bonchev–Trinajstić information content (AvgIpc) is 2.63. The Morgan fingerprint density at radius 2 is 1.81 bits per heavy atom. The largest absolute Gasteiger partial charge is 0.507 e.